The lowest BCUT2D eigenvalue weighted by Crippen LogP contribution is -2.23. The van der Waals surface area contributed by atoms with Crippen LogP contribution in [0.4, 0.5) is 5.69 Å². The van der Waals surface area contributed by atoms with Crippen molar-refractivity contribution in [1.29, 1.82) is 0 Å². The molecule has 0 unspecified atom stereocenters. The Bertz CT molecular complexity index is 908. The molecule has 6 nitrogen and oxygen atoms in total. The number of fused-ring (bicyclic) bond motifs is 1. The third kappa shape index (κ3) is 3.36. The second-order valence-corrected chi connectivity index (χ2v) is 6.87. The van der Waals surface area contributed by atoms with Crippen molar-refractivity contribution in [1.82, 2.24) is 10.2 Å². The highest BCUT2D eigenvalue weighted by Gasteiger charge is 2.26. The third-order valence-corrected chi connectivity index (χ3v) is 5.11. The molecular weight excluding hydrogens is 338 g/mol. The number of nitrogens with one attached hydrogen (secondary N) is 1. The number of phenols is 1. The van der Waals surface area contributed by atoms with Gasteiger partial charge in [-0.15, -0.1) is 10.2 Å². The number of hydrogen-bond acceptors (Lipinski definition) is 6. The zero-order valence-electron chi connectivity index (χ0n) is 13.2. The zero-order valence-corrected chi connectivity index (χ0v) is 14.0. The Labute approximate surface area is 148 Å². The molecule has 0 radical (unpaired) electrons. The van der Waals surface area contributed by atoms with E-state index in [1.807, 2.05) is 24.3 Å². The fraction of sp³-hybridized carbons (Fsp3) is 0.167. The summed E-state index contributed by atoms with van der Waals surface area (Å²) in [6.45, 7) is 0. The predicted octanol–water partition coefficient (Wildman–Crippen LogP) is 3.49. The molecule has 126 valence electrons. The maximum Gasteiger partial charge on any atom is 0.277 e. The fourth-order valence-electron chi connectivity index (χ4n) is 2.70. The summed E-state index contributed by atoms with van der Waals surface area (Å²) in [5.74, 6) is 0.478. The smallest absolute Gasteiger partial charge is 0.277 e. The van der Waals surface area contributed by atoms with Crippen LogP contribution in [0.2, 0.25) is 0 Å². The first-order valence-corrected chi connectivity index (χ1v) is 8.75. The number of rotatable bonds is 3. The molecule has 25 heavy (non-hydrogen) atoms. The van der Waals surface area contributed by atoms with Gasteiger partial charge in [0, 0.05) is 11.3 Å². The Balaban J connectivity index is 1.49. The molecule has 1 amide bonds. The van der Waals surface area contributed by atoms with Gasteiger partial charge in [-0.1, -0.05) is 30.0 Å². The van der Waals surface area contributed by atoms with Crippen molar-refractivity contribution in [3.05, 3.63) is 54.1 Å². The summed E-state index contributed by atoms with van der Waals surface area (Å²) in [5, 5.41) is 20.4. The molecule has 0 saturated carbocycles. The number of aromatic hydroxyl groups is 1. The van der Waals surface area contributed by atoms with Crippen molar-refractivity contribution in [2.45, 2.75) is 23.3 Å². The minimum Gasteiger partial charge on any atom is -0.508 e. The lowest BCUT2D eigenvalue weighted by atomic mass is 10.1. The average Bonchev–Trinajstić information content (AvgIpc) is 3.02. The van der Waals surface area contributed by atoms with Gasteiger partial charge in [-0.3, -0.25) is 4.79 Å². The molecule has 2 aromatic carbocycles. The first-order chi connectivity index (χ1) is 12.2. The summed E-state index contributed by atoms with van der Waals surface area (Å²) in [5.41, 5.74) is 2.72. The van der Waals surface area contributed by atoms with Gasteiger partial charge >= 0.3 is 0 Å². The molecule has 2 N–H and O–H groups in total. The predicted molar refractivity (Wildman–Crippen MR) is 94.4 cm³/mol. The second-order valence-electron chi connectivity index (χ2n) is 5.71. The molecule has 2 heterocycles. The first-order valence-electron chi connectivity index (χ1n) is 7.87. The number of hydrogen-bond donors (Lipinski definition) is 2. The van der Waals surface area contributed by atoms with E-state index in [2.05, 4.69) is 15.5 Å². The molecule has 4 rings (SSSR count). The first kappa shape index (κ1) is 15.7. The van der Waals surface area contributed by atoms with Crippen molar-refractivity contribution in [2.75, 3.05) is 5.32 Å². The van der Waals surface area contributed by atoms with Crippen LogP contribution >= 0.6 is 11.8 Å². The van der Waals surface area contributed by atoms with E-state index in [0.29, 0.717) is 17.5 Å². The Morgan fingerprint density at radius 1 is 1.12 bits per heavy atom. The van der Waals surface area contributed by atoms with E-state index < -0.39 is 0 Å². The zero-order chi connectivity index (χ0) is 17.2. The fourth-order valence-corrected chi connectivity index (χ4v) is 3.56. The standard InChI is InChI=1S/C18H15N3O3S/c22-13-8-5-12(6-9-13)17-20-21-18(24-17)25-15-10-7-11-3-1-2-4-14(11)19-16(15)23/h1-6,8-9,15,22H,7,10H2,(H,19,23)/t15-/m1/s1. The van der Waals surface area contributed by atoms with Crippen molar-refractivity contribution < 1.29 is 14.3 Å². The summed E-state index contributed by atoms with van der Waals surface area (Å²) in [7, 11) is 0. The molecule has 1 aliphatic heterocycles. The van der Waals surface area contributed by atoms with Gasteiger partial charge in [-0.25, -0.2) is 0 Å². The number of para-hydroxylation sites is 1. The van der Waals surface area contributed by atoms with Gasteiger partial charge in [0.15, 0.2) is 0 Å². The number of phenolic OH excluding ortho intramolecular Hbond substituents is 1. The number of nitrogens with zero attached hydrogens (tertiary/aromatic N) is 2. The molecule has 0 saturated heterocycles. The minimum absolute atomic E-state index is 0.0562. The minimum atomic E-state index is -0.291. The molecule has 1 aromatic heterocycles. The maximum absolute atomic E-state index is 12.4. The Kier molecular flexibility index (Phi) is 4.15. The Morgan fingerprint density at radius 2 is 1.92 bits per heavy atom. The van der Waals surface area contributed by atoms with Crippen molar-refractivity contribution >= 4 is 23.4 Å². The van der Waals surface area contributed by atoms with Crippen molar-refractivity contribution in [3.8, 4) is 17.2 Å². The number of aromatic nitrogens is 2. The van der Waals surface area contributed by atoms with Crippen LogP contribution in [-0.2, 0) is 11.2 Å². The van der Waals surface area contributed by atoms with Crippen LogP contribution in [-0.4, -0.2) is 26.5 Å². The molecule has 0 fully saturated rings. The number of carbonyl (C=O) groups excluding carboxylic acids is 1. The highest BCUT2D eigenvalue weighted by molar-refractivity contribution is 8.00. The summed E-state index contributed by atoms with van der Waals surface area (Å²) in [6, 6.07) is 14.3. The molecule has 0 bridgehead atoms. The maximum atomic E-state index is 12.4. The third-order valence-electron chi connectivity index (χ3n) is 4.01. The highest BCUT2D eigenvalue weighted by Crippen LogP contribution is 2.32. The monoisotopic (exact) mass is 353 g/mol. The number of thioether (sulfide) groups is 1. The van der Waals surface area contributed by atoms with Crippen LogP contribution in [0.1, 0.15) is 12.0 Å². The number of anilines is 1. The van der Waals surface area contributed by atoms with Gasteiger partial charge in [0.2, 0.25) is 11.8 Å². The summed E-state index contributed by atoms with van der Waals surface area (Å²) >= 11 is 1.27. The molecular formula is C18H15N3O3S. The van der Waals surface area contributed by atoms with Crippen LogP contribution < -0.4 is 5.32 Å². The molecule has 3 aromatic rings. The average molecular weight is 353 g/mol. The van der Waals surface area contributed by atoms with Gasteiger partial charge in [0.25, 0.3) is 5.22 Å². The van der Waals surface area contributed by atoms with E-state index in [1.54, 1.807) is 24.3 Å². The van der Waals surface area contributed by atoms with Gasteiger partial charge < -0.3 is 14.8 Å². The number of carbonyl (C=O) groups is 1. The number of aryl methyl sites for hydroxylation is 1. The van der Waals surface area contributed by atoms with E-state index in [4.69, 9.17) is 4.42 Å². The SMILES string of the molecule is O=C1Nc2ccccc2CC[C@H]1Sc1nnc(-c2ccc(O)cc2)o1. The van der Waals surface area contributed by atoms with Crippen LogP contribution in [0, 0.1) is 0 Å². The molecule has 1 aliphatic rings. The van der Waals surface area contributed by atoms with Gasteiger partial charge in [0.05, 0.1) is 5.25 Å². The summed E-state index contributed by atoms with van der Waals surface area (Å²) in [4.78, 5) is 12.4. The Hall–Kier alpha value is -2.80. The van der Waals surface area contributed by atoms with Crippen LogP contribution in [0.15, 0.2) is 58.2 Å². The van der Waals surface area contributed by atoms with Crippen LogP contribution in [0.5, 0.6) is 5.75 Å². The van der Waals surface area contributed by atoms with Crippen molar-refractivity contribution in [3.63, 3.8) is 0 Å². The van der Waals surface area contributed by atoms with E-state index >= 15 is 0 Å². The van der Waals surface area contributed by atoms with Gasteiger partial charge in [-0.2, -0.15) is 0 Å². The highest BCUT2D eigenvalue weighted by atomic mass is 32.2. The normalized spacial score (nSPS) is 16.8. The molecule has 0 spiro atoms. The van der Waals surface area contributed by atoms with Gasteiger partial charge in [0.1, 0.15) is 5.75 Å². The lowest BCUT2D eigenvalue weighted by molar-refractivity contribution is -0.115. The van der Waals surface area contributed by atoms with E-state index in [0.717, 1.165) is 23.2 Å². The largest absolute Gasteiger partial charge is 0.508 e. The van der Waals surface area contributed by atoms with Gasteiger partial charge in [-0.05, 0) is 48.7 Å². The van der Waals surface area contributed by atoms with E-state index in [9.17, 15) is 9.90 Å². The second kappa shape index (κ2) is 6.60. The van der Waals surface area contributed by atoms with E-state index in [1.165, 1.54) is 11.8 Å². The quantitative estimate of drug-likeness (QED) is 0.749. The molecule has 0 aliphatic carbocycles. The van der Waals surface area contributed by atoms with Crippen molar-refractivity contribution in [2.24, 2.45) is 0 Å². The summed E-state index contributed by atoms with van der Waals surface area (Å²) < 4.78 is 5.66. The Morgan fingerprint density at radius 3 is 2.76 bits per heavy atom. The van der Waals surface area contributed by atoms with Crippen LogP contribution in [0.25, 0.3) is 11.5 Å². The number of amides is 1. The van der Waals surface area contributed by atoms with Crippen LogP contribution in [0.3, 0.4) is 0 Å². The topological polar surface area (TPSA) is 88.2 Å². The number of benzene rings is 2. The lowest BCUT2D eigenvalue weighted by Gasteiger charge is -2.09. The van der Waals surface area contributed by atoms with E-state index in [-0.39, 0.29) is 16.9 Å². The molecule has 7 heteroatoms. The molecule has 1 atom stereocenters. The summed E-state index contributed by atoms with van der Waals surface area (Å²) in [6.07, 6.45) is 1.51.